The molecule has 1 heterocycles. The number of benzene rings is 3. The fourth-order valence-electron chi connectivity index (χ4n) is 4.03. The van der Waals surface area contributed by atoms with Crippen LogP contribution in [0.25, 0.3) is 0 Å². The number of aryl methyl sites for hydroxylation is 2. The minimum atomic E-state index is -0.424. The van der Waals surface area contributed by atoms with Gasteiger partial charge in [-0.2, -0.15) is 0 Å². The van der Waals surface area contributed by atoms with E-state index in [4.69, 9.17) is 0 Å². The van der Waals surface area contributed by atoms with Crippen LogP contribution in [0.2, 0.25) is 0 Å². The molecule has 1 fully saturated rings. The molecule has 168 valence electrons. The van der Waals surface area contributed by atoms with Gasteiger partial charge in [0.25, 0.3) is 5.91 Å². The van der Waals surface area contributed by atoms with Gasteiger partial charge < -0.3 is 15.5 Å². The van der Waals surface area contributed by atoms with Crippen molar-refractivity contribution in [2.75, 3.05) is 16.8 Å². The summed E-state index contributed by atoms with van der Waals surface area (Å²) < 4.78 is 0. The summed E-state index contributed by atoms with van der Waals surface area (Å²) in [6.07, 6.45) is 0.152. The van der Waals surface area contributed by atoms with Gasteiger partial charge in [-0.3, -0.25) is 14.4 Å². The second-order valence-corrected chi connectivity index (χ2v) is 8.49. The van der Waals surface area contributed by atoms with Gasteiger partial charge >= 0.3 is 0 Å². The van der Waals surface area contributed by atoms with Crippen LogP contribution in [0.5, 0.6) is 0 Å². The van der Waals surface area contributed by atoms with Crippen LogP contribution in [0.4, 0.5) is 11.4 Å². The monoisotopic (exact) mass is 441 g/mol. The molecule has 0 saturated carbocycles. The average Bonchev–Trinajstić information content (AvgIpc) is 3.19. The first kappa shape index (κ1) is 22.3. The van der Waals surface area contributed by atoms with Crippen LogP contribution in [0, 0.1) is 19.8 Å². The summed E-state index contributed by atoms with van der Waals surface area (Å²) >= 11 is 0. The molecule has 0 aliphatic carbocycles. The van der Waals surface area contributed by atoms with Crippen LogP contribution in [-0.2, 0) is 16.1 Å². The molecular formula is C27H27N3O3. The second-order valence-electron chi connectivity index (χ2n) is 8.49. The molecule has 3 aromatic rings. The molecule has 1 aliphatic rings. The zero-order chi connectivity index (χ0) is 23.4. The van der Waals surface area contributed by atoms with E-state index in [0.29, 0.717) is 30.0 Å². The fraction of sp³-hybridized carbons (Fsp3) is 0.222. The maximum atomic E-state index is 12.7. The standard InChI is InChI=1S/C27H27N3O3/c1-18-6-3-8-20(12-18)16-28-26(32)22-15-25(31)30(17-22)24-11-5-9-21(14-24)27(33)29-23-10-4-7-19(2)13-23/h3-14,22H,15-17H2,1-2H3,(H,28,32)(H,29,33)/t22-/m1/s1. The molecule has 0 spiro atoms. The topological polar surface area (TPSA) is 78.5 Å². The van der Waals surface area contributed by atoms with Crippen molar-refractivity contribution in [1.29, 1.82) is 0 Å². The van der Waals surface area contributed by atoms with Gasteiger partial charge in [0.15, 0.2) is 0 Å². The molecule has 33 heavy (non-hydrogen) atoms. The van der Waals surface area contributed by atoms with Gasteiger partial charge in [0.1, 0.15) is 0 Å². The number of amides is 3. The van der Waals surface area contributed by atoms with E-state index in [9.17, 15) is 14.4 Å². The molecule has 0 aromatic heterocycles. The van der Waals surface area contributed by atoms with Crippen molar-refractivity contribution in [2.45, 2.75) is 26.8 Å². The number of nitrogens with zero attached hydrogens (tertiary/aromatic N) is 1. The number of carbonyl (C=O) groups is 3. The Morgan fingerprint density at radius 2 is 1.67 bits per heavy atom. The van der Waals surface area contributed by atoms with E-state index < -0.39 is 5.92 Å². The van der Waals surface area contributed by atoms with E-state index in [-0.39, 0.29) is 24.1 Å². The minimum Gasteiger partial charge on any atom is -0.352 e. The number of hydrogen-bond acceptors (Lipinski definition) is 3. The molecule has 0 bridgehead atoms. The first-order valence-corrected chi connectivity index (χ1v) is 11.0. The van der Waals surface area contributed by atoms with E-state index in [1.807, 2.05) is 62.4 Å². The number of hydrogen-bond donors (Lipinski definition) is 2. The second kappa shape index (κ2) is 9.69. The zero-order valence-corrected chi connectivity index (χ0v) is 18.8. The molecule has 2 N–H and O–H groups in total. The highest BCUT2D eigenvalue weighted by Crippen LogP contribution is 2.26. The minimum absolute atomic E-state index is 0.123. The number of carbonyl (C=O) groups excluding carboxylic acids is 3. The van der Waals surface area contributed by atoms with Gasteiger partial charge in [0.2, 0.25) is 11.8 Å². The number of rotatable bonds is 6. The summed E-state index contributed by atoms with van der Waals surface area (Å²) in [6.45, 7) is 4.69. The van der Waals surface area contributed by atoms with E-state index >= 15 is 0 Å². The lowest BCUT2D eigenvalue weighted by Gasteiger charge is -2.18. The van der Waals surface area contributed by atoms with Crippen LogP contribution in [-0.4, -0.2) is 24.3 Å². The summed E-state index contributed by atoms with van der Waals surface area (Å²) in [6, 6.07) is 22.5. The normalized spacial score (nSPS) is 15.4. The first-order valence-electron chi connectivity index (χ1n) is 11.0. The Balaban J connectivity index is 1.40. The van der Waals surface area contributed by atoms with Gasteiger partial charge in [0, 0.05) is 36.4 Å². The van der Waals surface area contributed by atoms with Crippen LogP contribution >= 0.6 is 0 Å². The third-order valence-electron chi connectivity index (χ3n) is 5.74. The summed E-state index contributed by atoms with van der Waals surface area (Å²) in [4.78, 5) is 39.6. The first-order chi connectivity index (χ1) is 15.9. The Bertz CT molecular complexity index is 1200. The molecule has 1 atom stereocenters. The van der Waals surface area contributed by atoms with Gasteiger partial charge in [-0.15, -0.1) is 0 Å². The van der Waals surface area contributed by atoms with Gasteiger partial charge in [-0.05, 0) is 55.3 Å². The molecule has 1 aliphatic heterocycles. The van der Waals surface area contributed by atoms with Gasteiger partial charge in [-0.1, -0.05) is 48.0 Å². The molecule has 3 aromatic carbocycles. The van der Waals surface area contributed by atoms with Crippen LogP contribution in [0.3, 0.4) is 0 Å². The summed E-state index contributed by atoms with van der Waals surface area (Å²) in [7, 11) is 0. The molecule has 3 amide bonds. The Kier molecular flexibility index (Phi) is 6.54. The summed E-state index contributed by atoms with van der Waals surface area (Å²) in [5, 5.41) is 5.82. The molecule has 0 radical (unpaired) electrons. The van der Waals surface area contributed by atoms with Crippen molar-refractivity contribution in [3.63, 3.8) is 0 Å². The summed E-state index contributed by atoms with van der Waals surface area (Å²) in [5.74, 6) is -0.934. The lowest BCUT2D eigenvalue weighted by molar-refractivity contribution is -0.126. The Morgan fingerprint density at radius 3 is 2.42 bits per heavy atom. The lowest BCUT2D eigenvalue weighted by atomic mass is 10.1. The Hall–Kier alpha value is -3.93. The SMILES string of the molecule is Cc1cccc(CNC(=O)[C@@H]2CC(=O)N(c3cccc(C(=O)Nc4cccc(C)c4)c3)C2)c1. The predicted molar refractivity (Wildman–Crippen MR) is 129 cm³/mol. The van der Waals surface area contributed by atoms with Crippen LogP contribution < -0.4 is 15.5 Å². The van der Waals surface area contributed by atoms with Crippen molar-refractivity contribution in [1.82, 2.24) is 5.32 Å². The van der Waals surface area contributed by atoms with E-state index in [0.717, 1.165) is 16.7 Å². The zero-order valence-electron chi connectivity index (χ0n) is 18.8. The highest BCUT2D eigenvalue weighted by molar-refractivity contribution is 6.06. The van der Waals surface area contributed by atoms with Crippen molar-refractivity contribution in [3.05, 3.63) is 95.1 Å². The molecule has 0 unspecified atom stereocenters. The summed E-state index contributed by atoms with van der Waals surface area (Å²) in [5.41, 5.74) is 5.00. The van der Waals surface area contributed by atoms with Crippen molar-refractivity contribution >= 4 is 29.1 Å². The highest BCUT2D eigenvalue weighted by atomic mass is 16.2. The maximum absolute atomic E-state index is 12.7. The average molecular weight is 442 g/mol. The molecular weight excluding hydrogens is 414 g/mol. The molecule has 6 heteroatoms. The third-order valence-corrected chi connectivity index (χ3v) is 5.74. The van der Waals surface area contributed by atoms with Gasteiger partial charge in [0.05, 0.1) is 5.92 Å². The highest BCUT2D eigenvalue weighted by Gasteiger charge is 2.35. The number of nitrogens with one attached hydrogen (secondary N) is 2. The molecule has 1 saturated heterocycles. The molecule has 4 rings (SSSR count). The van der Waals surface area contributed by atoms with Crippen molar-refractivity contribution in [3.8, 4) is 0 Å². The van der Waals surface area contributed by atoms with E-state index in [2.05, 4.69) is 10.6 Å². The lowest BCUT2D eigenvalue weighted by Crippen LogP contribution is -2.32. The van der Waals surface area contributed by atoms with Crippen LogP contribution in [0.15, 0.2) is 72.8 Å². The third kappa shape index (κ3) is 5.47. The van der Waals surface area contributed by atoms with Gasteiger partial charge in [-0.25, -0.2) is 0 Å². The number of anilines is 2. The Morgan fingerprint density at radius 1 is 0.939 bits per heavy atom. The van der Waals surface area contributed by atoms with Crippen molar-refractivity contribution in [2.24, 2.45) is 5.92 Å². The quantitative estimate of drug-likeness (QED) is 0.601. The fourth-order valence-corrected chi connectivity index (χ4v) is 4.03. The Labute approximate surface area is 193 Å². The van der Waals surface area contributed by atoms with E-state index in [1.165, 1.54) is 0 Å². The van der Waals surface area contributed by atoms with Crippen molar-refractivity contribution < 1.29 is 14.4 Å². The predicted octanol–water partition coefficient (Wildman–Crippen LogP) is 4.23. The molecule has 6 nitrogen and oxygen atoms in total. The maximum Gasteiger partial charge on any atom is 0.255 e. The smallest absolute Gasteiger partial charge is 0.255 e. The largest absolute Gasteiger partial charge is 0.352 e. The van der Waals surface area contributed by atoms with E-state index in [1.54, 1.807) is 29.2 Å². The van der Waals surface area contributed by atoms with Crippen LogP contribution in [0.1, 0.15) is 33.5 Å².